The molecule has 21 heavy (non-hydrogen) atoms. The Morgan fingerprint density at radius 1 is 1.43 bits per heavy atom. The number of hydrogen-bond acceptors (Lipinski definition) is 3. The van der Waals surface area contributed by atoms with Gasteiger partial charge in [0.15, 0.2) is 6.61 Å². The lowest BCUT2D eigenvalue weighted by Gasteiger charge is -2.14. The van der Waals surface area contributed by atoms with Crippen LogP contribution in [0.25, 0.3) is 0 Å². The summed E-state index contributed by atoms with van der Waals surface area (Å²) in [7, 11) is 0. The van der Waals surface area contributed by atoms with E-state index in [1.165, 1.54) is 12.1 Å². The Bertz CT molecular complexity index is 511. The Hall–Kier alpha value is -1.82. The highest BCUT2D eigenvalue weighted by molar-refractivity contribution is 6.30. The van der Waals surface area contributed by atoms with Crippen LogP contribution in [-0.4, -0.2) is 31.0 Å². The summed E-state index contributed by atoms with van der Waals surface area (Å²) in [6.45, 7) is 3.79. The third-order valence-electron chi connectivity index (χ3n) is 2.58. The van der Waals surface area contributed by atoms with E-state index in [9.17, 15) is 14.0 Å². The van der Waals surface area contributed by atoms with Crippen molar-refractivity contribution in [1.29, 1.82) is 0 Å². The van der Waals surface area contributed by atoms with Gasteiger partial charge in [-0.3, -0.25) is 9.59 Å². The van der Waals surface area contributed by atoms with Gasteiger partial charge in [-0.05, 0) is 25.5 Å². The maximum Gasteiger partial charge on any atom is 0.258 e. The van der Waals surface area contributed by atoms with Gasteiger partial charge in [-0.15, -0.1) is 0 Å². The average Bonchev–Trinajstić information content (AvgIpc) is 2.45. The molecule has 0 aliphatic heterocycles. The first kappa shape index (κ1) is 17.2. The van der Waals surface area contributed by atoms with Crippen LogP contribution in [0.5, 0.6) is 5.75 Å². The average molecular weight is 317 g/mol. The summed E-state index contributed by atoms with van der Waals surface area (Å²) in [5.41, 5.74) is 0. The topological polar surface area (TPSA) is 67.4 Å². The van der Waals surface area contributed by atoms with Crippen LogP contribution in [-0.2, 0) is 9.59 Å². The summed E-state index contributed by atoms with van der Waals surface area (Å²) in [4.78, 5) is 23.2. The van der Waals surface area contributed by atoms with Crippen molar-refractivity contribution >= 4 is 23.4 Å². The molecule has 0 spiro atoms. The molecule has 2 N–H and O–H groups in total. The predicted octanol–water partition coefficient (Wildman–Crippen LogP) is 1.89. The molecule has 1 aromatic carbocycles. The van der Waals surface area contributed by atoms with Crippen molar-refractivity contribution in [3.05, 3.63) is 29.0 Å². The van der Waals surface area contributed by atoms with Crippen molar-refractivity contribution in [3.8, 4) is 5.75 Å². The zero-order valence-electron chi connectivity index (χ0n) is 11.9. The van der Waals surface area contributed by atoms with Gasteiger partial charge in [-0.1, -0.05) is 18.5 Å². The molecule has 0 radical (unpaired) electrons. The fourth-order valence-electron chi connectivity index (χ4n) is 1.47. The lowest BCUT2D eigenvalue weighted by atomic mass is 10.3. The lowest BCUT2D eigenvalue weighted by molar-refractivity contribution is -0.129. The van der Waals surface area contributed by atoms with E-state index in [0.717, 1.165) is 12.5 Å². The monoisotopic (exact) mass is 316 g/mol. The van der Waals surface area contributed by atoms with Crippen LogP contribution in [0.1, 0.15) is 20.3 Å². The minimum atomic E-state index is -0.649. The van der Waals surface area contributed by atoms with E-state index in [4.69, 9.17) is 16.3 Å². The Labute approximate surface area is 127 Å². The molecule has 1 aromatic rings. The van der Waals surface area contributed by atoms with Crippen molar-refractivity contribution in [3.63, 3.8) is 0 Å². The first-order valence-electron chi connectivity index (χ1n) is 6.59. The largest absolute Gasteiger partial charge is 0.484 e. The van der Waals surface area contributed by atoms with Crippen molar-refractivity contribution in [1.82, 2.24) is 10.6 Å². The van der Waals surface area contributed by atoms with Gasteiger partial charge in [-0.2, -0.15) is 0 Å². The number of carbonyl (C=O) groups excluding carboxylic acids is 2. The number of rotatable bonds is 7. The molecule has 0 bridgehead atoms. The van der Waals surface area contributed by atoms with E-state index in [2.05, 4.69) is 10.6 Å². The quantitative estimate of drug-likeness (QED) is 0.807. The van der Waals surface area contributed by atoms with Crippen molar-refractivity contribution in [2.24, 2.45) is 0 Å². The smallest absolute Gasteiger partial charge is 0.258 e. The van der Waals surface area contributed by atoms with Crippen LogP contribution in [0.15, 0.2) is 18.2 Å². The van der Waals surface area contributed by atoms with Crippen LogP contribution in [0, 0.1) is 5.82 Å². The van der Waals surface area contributed by atoms with Crippen LogP contribution < -0.4 is 15.4 Å². The minimum Gasteiger partial charge on any atom is -0.484 e. The number of carbonyl (C=O) groups is 2. The molecule has 0 unspecified atom stereocenters. The molecule has 5 nitrogen and oxygen atoms in total. The zero-order chi connectivity index (χ0) is 15.8. The molecule has 0 aliphatic rings. The van der Waals surface area contributed by atoms with E-state index in [-0.39, 0.29) is 23.3 Å². The molecular weight excluding hydrogens is 299 g/mol. The fraction of sp³-hybridized carbons (Fsp3) is 0.429. The highest BCUT2D eigenvalue weighted by atomic mass is 35.5. The molecule has 1 rings (SSSR count). The fourth-order valence-corrected chi connectivity index (χ4v) is 1.64. The van der Waals surface area contributed by atoms with Crippen molar-refractivity contribution < 1.29 is 18.7 Å². The second-order valence-corrected chi connectivity index (χ2v) is 4.85. The molecule has 0 saturated carbocycles. The second kappa shape index (κ2) is 8.46. The maximum atomic E-state index is 12.9. The number of hydrogen-bond donors (Lipinski definition) is 2. The molecule has 116 valence electrons. The standard InChI is InChI=1S/C14H18ClFN2O3/c1-3-6-17-14(20)9(2)18-13(19)8-21-10-4-5-12(16)11(15)7-10/h4-5,7,9H,3,6,8H2,1-2H3,(H,17,20)(H,18,19)/t9-/m0/s1. The second-order valence-electron chi connectivity index (χ2n) is 4.44. The van der Waals surface area contributed by atoms with E-state index < -0.39 is 17.8 Å². The number of halogens is 2. The van der Waals surface area contributed by atoms with Gasteiger partial charge < -0.3 is 15.4 Å². The van der Waals surface area contributed by atoms with E-state index in [1.807, 2.05) is 6.92 Å². The van der Waals surface area contributed by atoms with E-state index in [1.54, 1.807) is 6.92 Å². The predicted molar refractivity (Wildman–Crippen MR) is 77.8 cm³/mol. The number of amides is 2. The highest BCUT2D eigenvalue weighted by Crippen LogP contribution is 2.20. The van der Waals surface area contributed by atoms with Crippen LogP contribution in [0.3, 0.4) is 0 Å². The van der Waals surface area contributed by atoms with Gasteiger partial charge >= 0.3 is 0 Å². The number of ether oxygens (including phenoxy) is 1. The first-order chi connectivity index (χ1) is 9.93. The Morgan fingerprint density at radius 2 is 2.14 bits per heavy atom. The summed E-state index contributed by atoms with van der Waals surface area (Å²) < 4.78 is 18.1. The van der Waals surface area contributed by atoms with Crippen LogP contribution in [0.2, 0.25) is 5.02 Å². The van der Waals surface area contributed by atoms with E-state index in [0.29, 0.717) is 6.54 Å². The molecular formula is C14H18ClFN2O3. The van der Waals surface area contributed by atoms with Gasteiger partial charge in [0.1, 0.15) is 17.6 Å². The maximum absolute atomic E-state index is 12.9. The Balaban J connectivity index is 2.39. The normalized spacial score (nSPS) is 11.6. The zero-order valence-corrected chi connectivity index (χ0v) is 12.7. The first-order valence-corrected chi connectivity index (χ1v) is 6.96. The van der Waals surface area contributed by atoms with Gasteiger partial charge in [0.2, 0.25) is 5.91 Å². The summed E-state index contributed by atoms with van der Waals surface area (Å²) in [5, 5.41) is 5.09. The summed E-state index contributed by atoms with van der Waals surface area (Å²) in [6.07, 6.45) is 0.820. The third kappa shape index (κ3) is 5.99. The molecule has 0 aliphatic carbocycles. The Kier molecular flexibility index (Phi) is 6.94. The van der Waals surface area contributed by atoms with Crippen molar-refractivity contribution in [2.45, 2.75) is 26.3 Å². The molecule has 1 atom stereocenters. The SMILES string of the molecule is CCCNC(=O)[C@H](C)NC(=O)COc1ccc(F)c(Cl)c1. The van der Waals surface area contributed by atoms with Crippen molar-refractivity contribution in [2.75, 3.05) is 13.2 Å². The molecule has 0 fully saturated rings. The highest BCUT2D eigenvalue weighted by Gasteiger charge is 2.15. The summed E-state index contributed by atoms with van der Waals surface area (Å²) in [5.74, 6) is -0.987. The molecule has 0 aromatic heterocycles. The lowest BCUT2D eigenvalue weighted by Crippen LogP contribution is -2.46. The van der Waals surface area contributed by atoms with Crippen LogP contribution in [0.4, 0.5) is 4.39 Å². The number of benzene rings is 1. The third-order valence-corrected chi connectivity index (χ3v) is 2.87. The van der Waals surface area contributed by atoms with Gasteiger partial charge in [-0.25, -0.2) is 4.39 Å². The molecule has 2 amide bonds. The number of nitrogens with one attached hydrogen (secondary N) is 2. The van der Waals surface area contributed by atoms with E-state index >= 15 is 0 Å². The summed E-state index contributed by atoms with van der Waals surface area (Å²) in [6, 6.07) is 3.15. The Morgan fingerprint density at radius 3 is 2.76 bits per heavy atom. The van der Waals surface area contributed by atoms with Gasteiger partial charge in [0.25, 0.3) is 5.91 Å². The molecule has 0 saturated heterocycles. The minimum absolute atomic E-state index is 0.0831. The summed E-state index contributed by atoms with van der Waals surface area (Å²) >= 11 is 5.60. The van der Waals surface area contributed by atoms with Gasteiger partial charge in [0, 0.05) is 12.6 Å². The van der Waals surface area contributed by atoms with Crippen LogP contribution >= 0.6 is 11.6 Å². The van der Waals surface area contributed by atoms with Gasteiger partial charge in [0.05, 0.1) is 5.02 Å². The molecule has 7 heteroatoms. The molecule has 0 heterocycles.